The molecule has 2 aliphatic heterocycles. The molecule has 29 heavy (non-hydrogen) atoms. The van der Waals surface area contributed by atoms with Crippen molar-refractivity contribution in [3.63, 3.8) is 0 Å². The third-order valence-electron chi connectivity index (χ3n) is 5.32. The zero-order chi connectivity index (χ0) is 20.9. The lowest BCUT2D eigenvalue weighted by molar-refractivity contribution is -0.315. The molecular weight excluding hydrogens is 384 g/mol. The highest BCUT2D eigenvalue weighted by Gasteiger charge is 2.46. The molecule has 4 rings (SSSR count). The smallest absolute Gasteiger partial charge is 0.336 e. The van der Waals surface area contributed by atoms with E-state index in [0.717, 1.165) is 0 Å². The highest BCUT2D eigenvalue weighted by Crippen LogP contribution is 2.45. The maximum absolute atomic E-state index is 11.8. The summed E-state index contributed by atoms with van der Waals surface area (Å²) in [6.45, 7) is 3.17. The van der Waals surface area contributed by atoms with Crippen molar-refractivity contribution in [1.82, 2.24) is 0 Å². The molecule has 0 saturated carbocycles. The van der Waals surface area contributed by atoms with Crippen molar-refractivity contribution < 1.29 is 39.1 Å². The second-order valence-electron chi connectivity index (χ2n) is 8.04. The number of benzene rings is 1. The summed E-state index contributed by atoms with van der Waals surface area (Å²) in [5, 5.41) is 40.4. The van der Waals surface area contributed by atoms with Gasteiger partial charge in [-0.2, -0.15) is 0 Å². The average molecular weight is 408 g/mol. The van der Waals surface area contributed by atoms with E-state index < -0.39 is 54.6 Å². The van der Waals surface area contributed by atoms with E-state index in [4.69, 9.17) is 18.6 Å². The Morgan fingerprint density at radius 1 is 1.10 bits per heavy atom. The van der Waals surface area contributed by atoms with Crippen LogP contribution >= 0.6 is 0 Å². The van der Waals surface area contributed by atoms with Gasteiger partial charge in [-0.15, -0.1) is 0 Å². The maximum atomic E-state index is 11.8. The van der Waals surface area contributed by atoms with E-state index in [0.29, 0.717) is 28.7 Å². The third-order valence-corrected chi connectivity index (χ3v) is 5.32. The summed E-state index contributed by atoms with van der Waals surface area (Å²) in [6, 6.07) is 6.47. The van der Waals surface area contributed by atoms with E-state index in [1.807, 2.05) is 13.8 Å². The molecular formula is C20H24O9. The number of aliphatic hydroxyl groups excluding tert-OH is 4. The summed E-state index contributed by atoms with van der Waals surface area (Å²) >= 11 is 0. The van der Waals surface area contributed by atoms with E-state index in [1.165, 1.54) is 6.07 Å². The summed E-state index contributed by atoms with van der Waals surface area (Å²) in [4.78, 5) is 11.8. The van der Waals surface area contributed by atoms with Crippen LogP contribution < -0.4 is 10.4 Å². The first-order valence-corrected chi connectivity index (χ1v) is 9.42. The van der Waals surface area contributed by atoms with Gasteiger partial charge in [0.05, 0.1) is 18.3 Å². The van der Waals surface area contributed by atoms with Gasteiger partial charge in [0.25, 0.3) is 0 Å². The van der Waals surface area contributed by atoms with Crippen molar-refractivity contribution in [1.29, 1.82) is 0 Å². The van der Waals surface area contributed by atoms with Crippen LogP contribution in [-0.2, 0) is 9.47 Å². The normalized spacial score (nSPS) is 33.9. The summed E-state index contributed by atoms with van der Waals surface area (Å²) in [6.07, 6.45) is -7.34. The molecule has 9 heteroatoms. The minimum atomic E-state index is -1.55. The van der Waals surface area contributed by atoms with E-state index in [9.17, 15) is 25.2 Å². The Morgan fingerprint density at radius 3 is 2.55 bits per heavy atom. The summed E-state index contributed by atoms with van der Waals surface area (Å²) < 4.78 is 22.9. The van der Waals surface area contributed by atoms with Crippen LogP contribution in [0.2, 0.25) is 0 Å². The molecule has 1 saturated heterocycles. The van der Waals surface area contributed by atoms with Gasteiger partial charge in [0.15, 0.2) is 6.29 Å². The lowest BCUT2D eigenvalue weighted by atomic mass is 9.90. The standard InChI is InChI=1S/C20H24O9/c1-20(2)7-11(26-19-17(25)16(24)15(23)12(8-21)27-19)14-10(29-20)5-3-9-4-6-13(22)28-18(9)14/h3-6,11-12,15-17,19,21,23-25H,7-8H2,1-2H3/t11-,12+,15-,16-,17-,19+/m0/s1. The first kappa shape index (κ1) is 20.3. The number of hydrogen-bond donors (Lipinski definition) is 4. The predicted octanol–water partition coefficient (Wildman–Crippen LogP) is 0.212. The first-order chi connectivity index (χ1) is 13.7. The van der Waals surface area contributed by atoms with Crippen LogP contribution in [0, 0.1) is 0 Å². The second kappa shape index (κ2) is 7.35. The molecule has 0 spiro atoms. The maximum Gasteiger partial charge on any atom is 0.336 e. The zero-order valence-corrected chi connectivity index (χ0v) is 16.0. The molecule has 3 heterocycles. The zero-order valence-electron chi connectivity index (χ0n) is 16.0. The van der Waals surface area contributed by atoms with Crippen LogP contribution in [0.5, 0.6) is 5.75 Å². The van der Waals surface area contributed by atoms with E-state index in [1.54, 1.807) is 18.2 Å². The molecule has 0 bridgehead atoms. The van der Waals surface area contributed by atoms with Crippen molar-refractivity contribution in [3.8, 4) is 5.75 Å². The Kier molecular flexibility index (Phi) is 5.14. The molecule has 1 aromatic heterocycles. The molecule has 158 valence electrons. The third kappa shape index (κ3) is 3.65. The molecule has 1 aromatic carbocycles. The van der Waals surface area contributed by atoms with Crippen molar-refractivity contribution >= 4 is 11.0 Å². The largest absolute Gasteiger partial charge is 0.487 e. The van der Waals surface area contributed by atoms with Gasteiger partial charge in [-0.1, -0.05) is 0 Å². The van der Waals surface area contributed by atoms with Crippen LogP contribution in [0.4, 0.5) is 0 Å². The topological polar surface area (TPSA) is 139 Å². The van der Waals surface area contributed by atoms with Gasteiger partial charge in [-0.3, -0.25) is 0 Å². The average Bonchev–Trinajstić information content (AvgIpc) is 2.67. The molecule has 2 aromatic rings. The fourth-order valence-electron chi connectivity index (χ4n) is 3.88. The van der Waals surface area contributed by atoms with E-state index in [-0.39, 0.29) is 0 Å². The van der Waals surface area contributed by atoms with Crippen molar-refractivity contribution in [2.24, 2.45) is 0 Å². The highest BCUT2D eigenvalue weighted by molar-refractivity contribution is 5.82. The number of aliphatic hydroxyl groups is 4. The Morgan fingerprint density at radius 2 is 1.83 bits per heavy atom. The minimum Gasteiger partial charge on any atom is -0.487 e. The highest BCUT2D eigenvalue weighted by atomic mass is 16.7. The van der Waals surface area contributed by atoms with Gasteiger partial charge in [0, 0.05) is 17.9 Å². The molecule has 4 N–H and O–H groups in total. The van der Waals surface area contributed by atoms with Crippen molar-refractivity contribution in [3.05, 3.63) is 40.2 Å². The Balaban J connectivity index is 1.74. The molecule has 0 amide bonds. The monoisotopic (exact) mass is 408 g/mol. The molecule has 0 aliphatic carbocycles. The fourth-order valence-corrected chi connectivity index (χ4v) is 3.88. The second-order valence-corrected chi connectivity index (χ2v) is 8.04. The van der Waals surface area contributed by atoms with Crippen LogP contribution in [0.25, 0.3) is 11.0 Å². The number of ether oxygens (including phenoxy) is 3. The van der Waals surface area contributed by atoms with Gasteiger partial charge in [0.1, 0.15) is 41.3 Å². The van der Waals surface area contributed by atoms with Crippen molar-refractivity contribution in [2.75, 3.05) is 6.61 Å². The number of rotatable bonds is 3. The van der Waals surface area contributed by atoms with Gasteiger partial charge in [0.2, 0.25) is 0 Å². The summed E-state index contributed by atoms with van der Waals surface area (Å²) in [5.41, 5.74) is -0.354. The molecule has 2 aliphatic rings. The SMILES string of the molecule is CC1(C)C[C@H](O[C@@H]2O[C@H](CO)[C@H](O)[C@H](O)[C@@H]2O)c2c(ccc3ccc(=O)oc23)O1. The van der Waals surface area contributed by atoms with Crippen LogP contribution in [-0.4, -0.2) is 63.3 Å². The Bertz CT molecular complexity index is 951. The van der Waals surface area contributed by atoms with Gasteiger partial charge < -0.3 is 39.1 Å². The molecule has 1 fully saturated rings. The molecule has 9 nitrogen and oxygen atoms in total. The summed E-state index contributed by atoms with van der Waals surface area (Å²) in [7, 11) is 0. The molecule has 0 radical (unpaired) electrons. The minimum absolute atomic E-state index is 0.306. The quantitative estimate of drug-likeness (QED) is 0.525. The molecule has 6 atom stereocenters. The Hall–Kier alpha value is -2.01. The van der Waals surface area contributed by atoms with Gasteiger partial charge in [-0.25, -0.2) is 4.79 Å². The van der Waals surface area contributed by atoms with Crippen LogP contribution in [0.1, 0.15) is 31.9 Å². The van der Waals surface area contributed by atoms with Crippen LogP contribution in [0.3, 0.4) is 0 Å². The van der Waals surface area contributed by atoms with Crippen molar-refractivity contribution in [2.45, 2.75) is 62.7 Å². The first-order valence-electron chi connectivity index (χ1n) is 9.42. The predicted molar refractivity (Wildman–Crippen MR) is 99.4 cm³/mol. The number of hydrogen-bond acceptors (Lipinski definition) is 9. The van der Waals surface area contributed by atoms with Gasteiger partial charge >= 0.3 is 5.63 Å². The van der Waals surface area contributed by atoms with E-state index in [2.05, 4.69) is 0 Å². The fraction of sp³-hybridized carbons (Fsp3) is 0.550. The molecule has 0 unspecified atom stereocenters. The Labute approximate surface area is 166 Å². The van der Waals surface area contributed by atoms with Gasteiger partial charge in [-0.05, 0) is 32.0 Å². The van der Waals surface area contributed by atoms with Crippen LogP contribution in [0.15, 0.2) is 33.5 Å². The lowest BCUT2D eigenvalue weighted by Gasteiger charge is -2.43. The lowest BCUT2D eigenvalue weighted by Crippen LogP contribution is -2.59. The van der Waals surface area contributed by atoms with E-state index >= 15 is 0 Å². The summed E-state index contributed by atoms with van der Waals surface area (Å²) in [5.74, 6) is 0.470. The number of fused-ring (bicyclic) bond motifs is 3.